The van der Waals surface area contributed by atoms with Crippen molar-refractivity contribution in [3.63, 3.8) is 0 Å². The minimum atomic E-state index is -3.86. The highest BCUT2D eigenvalue weighted by Gasteiger charge is 2.59. The fourth-order valence-corrected chi connectivity index (χ4v) is 2.85. The Balaban J connectivity index is 1.67. The molecular formula is C15H16F2N6O7. The molecule has 1 aliphatic heterocycles. The first-order valence-electron chi connectivity index (χ1n) is 8.52. The number of carbonyl (C=O) groups is 1. The van der Waals surface area contributed by atoms with E-state index in [9.17, 15) is 33.6 Å². The third-order valence-electron chi connectivity index (χ3n) is 4.35. The Morgan fingerprint density at radius 3 is 2.77 bits per heavy atom. The standard InChI is InChI=1S/C15H16F2N6O7/c16-15(17)11(26)8(7-24)30-12(15)22-5-1-9(20-14(22)27)19-10(25)2-4-21-6-3-18-13(21)23(28)29/h1,3,5-6,8,11-12,24,26H,2,4,7H2,(H,19,20,25,27)/t8-,11+,12-/m1/s1. The van der Waals surface area contributed by atoms with Gasteiger partial charge < -0.3 is 30.4 Å². The van der Waals surface area contributed by atoms with E-state index in [0.717, 1.165) is 16.8 Å². The minimum Gasteiger partial charge on any atom is -0.394 e. The summed E-state index contributed by atoms with van der Waals surface area (Å²) >= 11 is 0. The van der Waals surface area contributed by atoms with Crippen molar-refractivity contribution in [3.05, 3.63) is 45.3 Å². The first-order chi connectivity index (χ1) is 14.1. The molecule has 0 aromatic carbocycles. The Bertz CT molecular complexity index is 1010. The van der Waals surface area contributed by atoms with Crippen LogP contribution in [0, 0.1) is 10.1 Å². The molecule has 1 saturated heterocycles. The summed E-state index contributed by atoms with van der Waals surface area (Å²) < 4.78 is 34.7. The molecular weight excluding hydrogens is 414 g/mol. The molecule has 0 saturated carbocycles. The van der Waals surface area contributed by atoms with E-state index < -0.39 is 53.4 Å². The molecule has 0 aliphatic carbocycles. The first kappa shape index (κ1) is 21.4. The van der Waals surface area contributed by atoms with E-state index in [0.29, 0.717) is 4.57 Å². The van der Waals surface area contributed by atoms with Gasteiger partial charge in [0.05, 0.1) is 19.6 Å². The number of anilines is 1. The fourth-order valence-electron chi connectivity index (χ4n) is 2.85. The highest BCUT2D eigenvalue weighted by molar-refractivity contribution is 5.89. The normalized spacial score (nSPS) is 22.7. The van der Waals surface area contributed by atoms with Gasteiger partial charge in [0.15, 0.2) is 6.10 Å². The van der Waals surface area contributed by atoms with Crippen molar-refractivity contribution in [2.75, 3.05) is 11.9 Å². The number of imidazole rings is 1. The van der Waals surface area contributed by atoms with Crippen LogP contribution in [0.1, 0.15) is 12.6 Å². The summed E-state index contributed by atoms with van der Waals surface area (Å²) in [5.41, 5.74) is -1.19. The van der Waals surface area contributed by atoms with Gasteiger partial charge in [0, 0.05) is 6.20 Å². The number of amides is 1. The van der Waals surface area contributed by atoms with Crippen LogP contribution in [-0.2, 0) is 16.1 Å². The van der Waals surface area contributed by atoms with E-state index in [2.05, 4.69) is 15.3 Å². The van der Waals surface area contributed by atoms with Crippen LogP contribution in [0.5, 0.6) is 0 Å². The molecule has 0 radical (unpaired) electrons. The second-order valence-corrected chi connectivity index (χ2v) is 6.31. The largest absolute Gasteiger partial charge is 0.434 e. The quantitative estimate of drug-likeness (QED) is 0.377. The van der Waals surface area contributed by atoms with E-state index in [1.807, 2.05) is 0 Å². The fraction of sp³-hybridized carbons (Fsp3) is 0.467. The number of aliphatic hydroxyl groups is 2. The van der Waals surface area contributed by atoms with Crippen molar-refractivity contribution in [2.45, 2.75) is 37.3 Å². The lowest BCUT2D eigenvalue weighted by Crippen LogP contribution is -2.41. The van der Waals surface area contributed by atoms with E-state index in [1.54, 1.807) is 0 Å². The number of hydrogen-bond acceptors (Lipinski definition) is 9. The van der Waals surface area contributed by atoms with Gasteiger partial charge in [-0.15, -0.1) is 0 Å². The van der Waals surface area contributed by atoms with E-state index in [1.165, 1.54) is 12.4 Å². The lowest BCUT2D eigenvalue weighted by atomic mass is 10.1. The van der Waals surface area contributed by atoms with Gasteiger partial charge in [-0.1, -0.05) is 4.98 Å². The molecule has 3 atom stereocenters. The van der Waals surface area contributed by atoms with Gasteiger partial charge in [0.1, 0.15) is 24.3 Å². The maximum absolute atomic E-state index is 14.1. The topological polar surface area (TPSA) is 175 Å². The number of nitro groups is 1. The Kier molecular flexibility index (Phi) is 5.86. The van der Waals surface area contributed by atoms with Gasteiger partial charge in [-0.25, -0.2) is 9.36 Å². The average Bonchev–Trinajstić information content (AvgIpc) is 3.24. The molecule has 2 aromatic rings. The SMILES string of the molecule is O=C(CCn1ccnc1[N+](=O)[O-])Nc1ccn([C@@H]2O[C@H](CO)[C@H](O)C2(F)F)c(=O)n1. The predicted molar refractivity (Wildman–Crippen MR) is 92.6 cm³/mol. The number of aryl methyl sites for hydroxylation is 1. The number of carbonyl (C=O) groups excluding carboxylic acids is 1. The van der Waals surface area contributed by atoms with Crippen LogP contribution < -0.4 is 11.0 Å². The molecule has 3 heterocycles. The predicted octanol–water partition coefficient (Wildman–Crippen LogP) is -0.737. The summed E-state index contributed by atoms with van der Waals surface area (Å²) in [7, 11) is 0. The third kappa shape index (κ3) is 4.03. The average molecular weight is 430 g/mol. The van der Waals surface area contributed by atoms with Crippen molar-refractivity contribution >= 4 is 17.7 Å². The summed E-state index contributed by atoms with van der Waals surface area (Å²) in [6.45, 7) is -0.944. The molecule has 30 heavy (non-hydrogen) atoms. The van der Waals surface area contributed by atoms with Crippen molar-refractivity contribution in [1.29, 1.82) is 0 Å². The van der Waals surface area contributed by atoms with Crippen molar-refractivity contribution in [3.8, 4) is 0 Å². The second-order valence-electron chi connectivity index (χ2n) is 6.31. The Morgan fingerprint density at radius 1 is 1.43 bits per heavy atom. The number of aliphatic hydroxyl groups excluding tert-OH is 2. The number of alkyl halides is 2. The molecule has 15 heteroatoms. The summed E-state index contributed by atoms with van der Waals surface area (Å²) in [5.74, 6) is -5.17. The molecule has 0 spiro atoms. The molecule has 3 rings (SSSR count). The summed E-state index contributed by atoms with van der Waals surface area (Å²) in [6, 6.07) is 1.07. The molecule has 0 bridgehead atoms. The van der Waals surface area contributed by atoms with Crippen LogP contribution in [0.4, 0.5) is 20.5 Å². The number of rotatable bonds is 7. The number of ether oxygens (including phenoxy) is 1. The number of hydrogen-bond donors (Lipinski definition) is 3. The first-order valence-corrected chi connectivity index (χ1v) is 8.52. The van der Waals surface area contributed by atoms with Gasteiger partial charge in [0.25, 0.3) is 0 Å². The van der Waals surface area contributed by atoms with Crippen LogP contribution in [0.2, 0.25) is 0 Å². The highest BCUT2D eigenvalue weighted by Crippen LogP contribution is 2.41. The van der Waals surface area contributed by atoms with Gasteiger partial charge in [-0.3, -0.25) is 9.36 Å². The zero-order valence-corrected chi connectivity index (χ0v) is 15.1. The summed E-state index contributed by atoms with van der Waals surface area (Å²) in [4.78, 5) is 41.2. The minimum absolute atomic E-state index is 0.0677. The molecule has 1 amide bonds. The Hall–Kier alpha value is -3.30. The van der Waals surface area contributed by atoms with Gasteiger partial charge in [-0.05, 0) is 11.0 Å². The molecule has 0 unspecified atom stereocenters. The number of nitrogens with one attached hydrogen (secondary N) is 1. The number of aromatic nitrogens is 4. The molecule has 1 fully saturated rings. The summed E-state index contributed by atoms with van der Waals surface area (Å²) in [6.07, 6.45) is -2.87. The smallest absolute Gasteiger partial charge is 0.394 e. The molecule has 3 N–H and O–H groups in total. The van der Waals surface area contributed by atoms with Crippen LogP contribution in [0.3, 0.4) is 0 Å². The Labute approximate surface area is 165 Å². The van der Waals surface area contributed by atoms with Gasteiger partial charge in [-0.2, -0.15) is 13.8 Å². The van der Waals surface area contributed by atoms with Crippen LogP contribution in [0.25, 0.3) is 0 Å². The van der Waals surface area contributed by atoms with Crippen molar-refractivity contribution < 1.29 is 33.4 Å². The van der Waals surface area contributed by atoms with E-state index in [-0.39, 0.29) is 18.8 Å². The molecule has 13 nitrogen and oxygen atoms in total. The van der Waals surface area contributed by atoms with Crippen LogP contribution >= 0.6 is 0 Å². The third-order valence-corrected chi connectivity index (χ3v) is 4.35. The van der Waals surface area contributed by atoms with Gasteiger partial charge in [0.2, 0.25) is 12.1 Å². The molecule has 1 aliphatic rings. The molecule has 2 aromatic heterocycles. The number of halogens is 2. The number of nitrogens with zero attached hydrogens (tertiary/aromatic N) is 5. The van der Waals surface area contributed by atoms with Crippen molar-refractivity contribution in [2.24, 2.45) is 0 Å². The van der Waals surface area contributed by atoms with E-state index >= 15 is 0 Å². The summed E-state index contributed by atoms with van der Waals surface area (Å²) in [5, 5.41) is 31.6. The van der Waals surface area contributed by atoms with E-state index in [4.69, 9.17) is 9.84 Å². The maximum Gasteiger partial charge on any atom is 0.434 e. The Morgan fingerprint density at radius 2 is 2.17 bits per heavy atom. The maximum atomic E-state index is 14.1. The molecule has 162 valence electrons. The zero-order valence-electron chi connectivity index (χ0n) is 15.1. The monoisotopic (exact) mass is 430 g/mol. The highest BCUT2D eigenvalue weighted by atomic mass is 19.3. The van der Waals surface area contributed by atoms with Crippen LogP contribution in [0.15, 0.2) is 29.5 Å². The lowest BCUT2D eigenvalue weighted by Gasteiger charge is -2.21. The lowest BCUT2D eigenvalue weighted by molar-refractivity contribution is -0.396. The zero-order chi connectivity index (χ0) is 22.1. The second kappa shape index (κ2) is 8.21. The van der Waals surface area contributed by atoms with Gasteiger partial charge >= 0.3 is 17.6 Å². The van der Waals surface area contributed by atoms with Crippen LogP contribution in [-0.4, -0.2) is 64.9 Å². The van der Waals surface area contributed by atoms with Crippen molar-refractivity contribution in [1.82, 2.24) is 19.1 Å².